The van der Waals surface area contributed by atoms with Crippen LogP contribution in [0.2, 0.25) is 0 Å². The fourth-order valence-electron chi connectivity index (χ4n) is 4.63. The molecule has 6 rings (SSSR count). The number of piperazine rings is 1. The van der Waals surface area contributed by atoms with Crippen LogP contribution in [0.5, 0.6) is 5.75 Å². The number of anilines is 2. The first-order valence-corrected chi connectivity index (χ1v) is 12.1. The van der Waals surface area contributed by atoms with E-state index in [0.29, 0.717) is 5.75 Å². The number of ether oxygens (including phenoxy) is 1. The molecule has 4 aromatic heterocycles. The van der Waals surface area contributed by atoms with E-state index in [1.807, 2.05) is 60.0 Å². The van der Waals surface area contributed by atoms with Crippen LogP contribution >= 0.6 is 0 Å². The first-order chi connectivity index (χ1) is 17.6. The van der Waals surface area contributed by atoms with Gasteiger partial charge in [0.2, 0.25) is 5.95 Å². The second-order valence-corrected chi connectivity index (χ2v) is 9.04. The third-order valence-electron chi connectivity index (χ3n) is 6.63. The molecule has 0 amide bonds. The lowest BCUT2D eigenvalue weighted by Gasteiger charge is -2.35. The SMILES string of the molecule is CC(Oc1cnc(N2CCN(c3cnn4cc(-c5cnn(C)c5)ccc34)CC2)nc1)c1ccccc1. The van der Waals surface area contributed by atoms with Gasteiger partial charge in [0.25, 0.3) is 0 Å². The lowest BCUT2D eigenvalue weighted by Crippen LogP contribution is -2.47. The third-order valence-corrected chi connectivity index (χ3v) is 6.63. The number of rotatable bonds is 6. The Morgan fingerprint density at radius 3 is 2.25 bits per heavy atom. The van der Waals surface area contributed by atoms with Gasteiger partial charge < -0.3 is 14.5 Å². The third kappa shape index (κ3) is 4.35. The van der Waals surface area contributed by atoms with Gasteiger partial charge in [-0.05, 0) is 18.6 Å². The number of hydrogen-bond acceptors (Lipinski definition) is 7. The molecule has 1 saturated heterocycles. The van der Waals surface area contributed by atoms with Gasteiger partial charge in [0, 0.05) is 56.7 Å². The molecular formula is C27H28N8O. The van der Waals surface area contributed by atoms with Crippen molar-refractivity contribution in [1.82, 2.24) is 29.4 Å². The number of aryl methyl sites for hydroxylation is 1. The van der Waals surface area contributed by atoms with Crippen LogP contribution in [0.15, 0.2) is 79.6 Å². The standard InChI is InChI=1S/C27H28N8O/c1-20(21-6-4-3-5-7-21)36-24-15-28-27(29-16-24)34-12-10-33(11-13-34)26-17-31-35-19-22(8-9-25(26)35)23-14-30-32(2)18-23/h3-9,14-20H,10-13H2,1-2H3. The van der Waals surface area contributed by atoms with E-state index in [1.54, 1.807) is 12.4 Å². The molecule has 1 atom stereocenters. The van der Waals surface area contributed by atoms with E-state index < -0.39 is 0 Å². The lowest BCUT2D eigenvalue weighted by molar-refractivity contribution is 0.225. The predicted molar refractivity (Wildman–Crippen MR) is 139 cm³/mol. The van der Waals surface area contributed by atoms with Gasteiger partial charge in [0.1, 0.15) is 6.10 Å². The number of pyridine rings is 1. The Labute approximate surface area is 209 Å². The van der Waals surface area contributed by atoms with Crippen molar-refractivity contribution in [1.29, 1.82) is 0 Å². The molecule has 0 saturated carbocycles. The number of benzene rings is 1. The molecule has 0 aliphatic carbocycles. The highest BCUT2D eigenvalue weighted by molar-refractivity contribution is 5.75. The zero-order valence-corrected chi connectivity index (χ0v) is 20.4. The smallest absolute Gasteiger partial charge is 0.225 e. The van der Waals surface area contributed by atoms with Crippen LogP contribution < -0.4 is 14.5 Å². The van der Waals surface area contributed by atoms with Crippen LogP contribution in [0.25, 0.3) is 16.6 Å². The van der Waals surface area contributed by atoms with E-state index in [4.69, 9.17) is 4.74 Å². The van der Waals surface area contributed by atoms with E-state index in [0.717, 1.165) is 60.0 Å². The minimum Gasteiger partial charge on any atom is -0.483 e. The summed E-state index contributed by atoms with van der Waals surface area (Å²) in [6.45, 7) is 5.46. The van der Waals surface area contributed by atoms with Crippen LogP contribution in [0.1, 0.15) is 18.6 Å². The molecule has 1 unspecified atom stereocenters. The second-order valence-electron chi connectivity index (χ2n) is 9.04. The summed E-state index contributed by atoms with van der Waals surface area (Å²) < 4.78 is 9.78. The first-order valence-electron chi connectivity index (χ1n) is 12.1. The van der Waals surface area contributed by atoms with Gasteiger partial charge in [0.05, 0.1) is 36.0 Å². The highest BCUT2D eigenvalue weighted by atomic mass is 16.5. The lowest BCUT2D eigenvalue weighted by atomic mass is 10.1. The minimum atomic E-state index is -0.0597. The van der Waals surface area contributed by atoms with Crippen molar-refractivity contribution in [3.05, 3.63) is 85.2 Å². The summed E-state index contributed by atoms with van der Waals surface area (Å²) in [6.07, 6.45) is 11.4. The van der Waals surface area contributed by atoms with Gasteiger partial charge in [-0.2, -0.15) is 10.2 Å². The fraction of sp³-hybridized carbons (Fsp3) is 0.259. The van der Waals surface area contributed by atoms with Crippen molar-refractivity contribution < 1.29 is 4.74 Å². The Morgan fingerprint density at radius 1 is 0.778 bits per heavy atom. The van der Waals surface area contributed by atoms with Crippen molar-refractivity contribution in [3.8, 4) is 16.9 Å². The Morgan fingerprint density at radius 2 is 1.53 bits per heavy atom. The number of aromatic nitrogens is 6. The first kappa shape index (κ1) is 22.1. The van der Waals surface area contributed by atoms with Gasteiger partial charge in [-0.15, -0.1) is 0 Å². The molecule has 1 fully saturated rings. The second kappa shape index (κ2) is 9.33. The summed E-state index contributed by atoms with van der Waals surface area (Å²) in [6, 6.07) is 14.4. The summed E-state index contributed by atoms with van der Waals surface area (Å²) in [5.41, 5.74) is 5.54. The van der Waals surface area contributed by atoms with Crippen molar-refractivity contribution in [2.45, 2.75) is 13.0 Å². The largest absolute Gasteiger partial charge is 0.483 e. The maximum absolute atomic E-state index is 6.02. The van der Waals surface area contributed by atoms with Crippen molar-refractivity contribution in [3.63, 3.8) is 0 Å². The molecule has 1 aromatic carbocycles. The number of nitrogens with zero attached hydrogens (tertiary/aromatic N) is 8. The predicted octanol–water partition coefficient (Wildman–Crippen LogP) is 3.99. The molecule has 5 aromatic rings. The van der Waals surface area contributed by atoms with Gasteiger partial charge >= 0.3 is 0 Å². The molecule has 9 nitrogen and oxygen atoms in total. The van der Waals surface area contributed by atoms with E-state index in [9.17, 15) is 0 Å². The molecule has 0 bridgehead atoms. The average Bonchev–Trinajstić information content (AvgIpc) is 3.55. The average molecular weight is 481 g/mol. The molecule has 1 aliphatic heterocycles. The molecule has 5 heterocycles. The summed E-state index contributed by atoms with van der Waals surface area (Å²) in [5, 5.41) is 8.89. The molecule has 182 valence electrons. The number of fused-ring (bicyclic) bond motifs is 1. The zero-order valence-electron chi connectivity index (χ0n) is 20.4. The molecular weight excluding hydrogens is 452 g/mol. The van der Waals surface area contributed by atoms with Gasteiger partial charge in [-0.1, -0.05) is 36.4 Å². The highest BCUT2D eigenvalue weighted by Crippen LogP contribution is 2.27. The minimum absolute atomic E-state index is 0.0597. The van der Waals surface area contributed by atoms with Crippen LogP contribution in [0, 0.1) is 0 Å². The normalized spacial score (nSPS) is 14.8. The summed E-state index contributed by atoms with van der Waals surface area (Å²) in [7, 11) is 1.92. The highest BCUT2D eigenvalue weighted by Gasteiger charge is 2.22. The fourth-order valence-corrected chi connectivity index (χ4v) is 4.63. The summed E-state index contributed by atoms with van der Waals surface area (Å²) in [5.74, 6) is 1.40. The molecule has 0 spiro atoms. The van der Waals surface area contributed by atoms with Gasteiger partial charge in [-0.25, -0.2) is 14.5 Å². The van der Waals surface area contributed by atoms with Crippen LogP contribution in [-0.4, -0.2) is 55.5 Å². The maximum atomic E-state index is 6.02. The Balaban J connectivity index is 1.09. The zero-order chi connectivity index (χ0) is 24.5. The van der Waals surface area contributed by atoms with Crippen LogP contribution in [0.4, 0.5) is 11.6 Å². The quantitative estimate of drug-likeness (QED) is 0.364. The Hall–Kier alpha value is -4.40. The van der Waals surface area contributed by atoms with Crippen LogP contribution in [0.3, 0.4) is 0 Å². The topological polar surface area (TPSA) is 76.6 Å². The monoisotopic (exact) mass is 480 g/mol. The Kier molecular flexibility index (Phi) is 5.73. The molecule has 9 heteroatoms. The maximum Gasteiger partial charge on any atom is 0.225 e. The van der Waals surface area contributed by atoms with E-state index >= 15 is 0 Å². The molecule has 0 radical (unpaired) electrons. The van der Waals surface area contributed by atoms with Crippen molar-refractivity contribution in [2.24, 2.45) is 7.05 Å². The van der Waals surface area contributed by atoms with E-state index in [2.05, 4.69) is 60.4 Å². The summed E-state index contributed by atoms with van der Waals surface area (Å²) in [4.78, 5) is 13.7. The van der Waals surface area contributed by atoms with Gasteiger partial charge in [-0.3, -0.25) is 4.68 Å². The van der Waals surface area contributed by atoms with Crippen molar-refractivity contribution in [2.75, 3.05) is 36.0 Å². The van der Waals surface area contributed by atoms with Gasteiger partial charge in [0.15, 0.2) is 5.75 Å². The van der Waals surface area contributed by atoms with E-state index in [-0.39, 0.29) is 6.10 Å². The van der Waals surface area contributed by atoms with E-state index in [1.165, 1.54) is 0 Å². The molecule has 0 N–H and O–H groups in total. The Bertz CT molecular complexity index is 1450. The molecule has 1 aliphatic rings. The van der Waals surface area contributed by atoms with Crippen molar-refractivity contribution >= 4 is 17.2 Å². The molecule has 36 heavy (non-hydrogen) atoms. The summed E-state index contributed by atoms with van der Waals surface area (Å²) >= 11 is 0. The number of hydrogen-bond donors (Lipinski definition) is 0. The van der Waals surface area contributed by atoms with Crippen LogP contribution in [-0.2, 0) is 7.05 Å².